The Bertz CT molecular complexity index is 872. The van der Waals surface area contributed by atoms with Gasteiger partial charge in [0.1, 0.15) is 11.9 Å². The zero-order chi connectivity index (χ0) is 18.8. The zero-order valence-electron chi connectivity index (χ0n) is 14.5. The molecule has 2 aromatic carbocycles. The van der Waals surface area contributed by atoms with Crippen LogP contribution in [0.2, 0.25) is 5.02 Å². The smallest absolute Gasteiger partial charge is 0.319 e. The highest BCUT2D eigenvalue weighted by molar-refractivity contribution is 6.31. The maximum atomic E-state index is 13.4. The molecule has 3 amide bonds. The van der Waals surface area contributed by atoms with Crippen molar-refractivity contribution in [1.82, 2.24) is 5.32 Å². The highest BCUT2D eigenvalue weighted by Crippen LogP contribution is 2.25. The van der Waals surface area contributed by atoms with E-state index < -0.39 is 12.1 Å². The van der Waals surface area contributed by atoms with Crippen molar-refractivity contribution in [2.45, 2.75) is 26.3 Å². The molecule has 1 aliphatic heterocycles. The maximum Gasteiger partial charge on any atom is 0.319 e. The number of rotatable bonds is 3. The van der Waals surface area contributed by atoms with Crippen LogP contribution in [0.1, 0.15) is 17.5 Å². The van der Waals surface area contributed by atoms with Gasteiger partial charge in [0.15, 0.2) is 0 Å². The maximum absolute atomic E-state index is 13.4. The lowest BCUT2D eigenvalue weighted by molar-refractivity contribution is -0.118. The normalized spacial score (nSPS) is 16.7. The topological polar surface area (TPSA) is 61.4 Å². The second kappa shape index (κ2) is 7.33. The fourth-order valence-electron chi connectivity index (χ4n) is 2.93. The minimum absolute atomic E-state index is 0.214. The van der Waals surface area contributed by atoms with E-state index in [0.717, 1.165) is 5.56 Å². The third-order valence-corrected chi connectivity index (χ3v) is 4.89. The van der Waals surface area contributed by atoms with Gasteiger partial charge in [-0.2, -0.15) is 0 Å². The van der Waals surface area contributed by atoms with Gasteiger partial charge >= 0.3 is 6.03 Å². The lowest BCUT2D eigenvalue weighted by Gasteiger charge is -2.18. The van der Waals surface area contributed by atoms with E-state index in [4.69, 9.17) is 11.6 Å². The van der Waals surface area contributed by atoms with Gasteiger partial charge in [-0.1, -0.05) is 17.7 Å². The molecule has 3 rings (SSSR count). The van der Waals surface area contributed by atoms with Crippen molar-refractivity contribution in [1.29, 1.82) is 0 Å². The van der Waals surface area contributed by atoms with Crippen LogP contribution in [0.15, 0.2) is 36.4 Å². The Hall–Kier alpha value is -2.60. The second-order valence-electron chi connectivity index (χ2n) is 6.28. The van der Waals surface area contributed by atoms with E-state index in [9.17, 15) is 14.0 Å². The Morgan fingerprint density at radius 1 is 1.27 bits per heavy atom. The Kier molecular flexibility index (Phi) is 5.13. The summed E-state index contributed by atoms with van der Waals surface area (Å²) in [6.45, 7) is 3.91. The third kappa shape index (κ3) is 3.65. The molecule has 5 nitrogen and oxygen atoms in total. The van der Waals surface area contributed by atoms with Crippen LogP contribution in [0.25, 0.3) is 0 Å². The molecule has 1 saturated heterocycles. The molecular weight excluding hydrogens is 357 g/mol. The van der Waals surface area contributed by atoms with Crippen LogP contribution in [0.4, 0.5) is 20.6 Å². The summed E-state index contributed by atoms with van der Waals surface area (Å²) in [5.74, 6) is -0.527. The molecule has 0 bridgehead atoms. The first kappa shape index (κ1) is 18.2. The van der Waals surface area contributed by atoms with Crippen LogP contribution in [0.3, 0.4) is 0 Å². The van der Waals surface area contributed by atoms with E-state index in [2.05, 4.69) is 10.6 Å². The zero-order valence-corrected chi connectivity index (χ0v) is 15.2. The van der Waals surface area contributed by atoms with Gasteiger partial charge in [-0.3, -0.25) is 4.79 Å². The van der Waals surface area contributed by atoms with E-state index >= 15 is 0 Å². The minimum Gasteiger partial charge on any atom is -0.326 e. The predicted molar refractivity (Wildman–Crippen MR) is 100 cm³/mol. The molecule has 1 aliphatic rings. The summed E-state index contributed by atoms with van der Waals surface area (Å²) < 4.78 is 13.4. The lowest BCUT2D eigenvalue weighted by atomic mass is 10.2. The number of nitrogens with one attached hydrogen (secondary N) is 2. The van der Waals surface area contributed by atoms with Crippen molar-refractivity contribution in [2.75, 3.05) is 16.8 Å². The number of urea groups is 1. The number of benzene rings is 2. The van der Waals surface area contributed by atoms with E-state index in [0.29, 0.717) is 34.9 Å². The van der Waals surface area contributed by atoms with Crippen LogP contribution >= 0.6 is 11.6 Å². The molecule has 0 radical (unpaired) electrons. The molecule has 0 unspecified atom stereocenters. The molecule has 0 aliphatic carbocycles. The fourth-order valence-corrected chi connectivity index (χ4v) is 3.10. The van der Waals surface area contributed by atoms with Crippen LogP contribution in [-0.4, -0.2) is 24.5 Å². The van der Waals surface area contributed by atoms with Crippen LogP contribution < -0.4 is 15.5 Å². The van der Waals surface area contributed by atoms with Crippen molar-refractivity contribution in [3.05, 3.63) is 58.4 Å². The Morgan fingerprint density at radius 3 is 2.77 bits per heavy atom. The van der Waals surface area contributed by atoms with Crippen molar-refractivity contribution in [2.24, 2.45) is 0 Å². The largest absolute Gasteiger partial charge is 0.326 e. The Morgan fingerprint density at radius 2 is 2.04 bits per heavy atom. The Labute approximate surface area is 156 Å². The molecular formula is C19H19ClFN3O2. The van der Waals surface area contributed by atoms with Gasteiger partial charge in [-0.15, -0.1) is 0 Å². The summed E-state index contributed by atoms with van der Waals surface area (Å²) in [6.07, 6.45) is 0.483. The highest BCUT2D eigenvalue weighted by atomic mass is 35.5. The lowest BCUT2D eigenvalue weighted by Crippen LogP contribution is -2.43. The summed E-state index contributed by atoms with van der Waals surface area (Å²) in [5.41, 5.74) is 2.45. The van der Waals surface area contributed by atoms with Gasteiger partial charge in [-0.25, -0.2) is 9.18 Å². The molecule has 0 spiro atoms. The number of hydrogen-bond acceptors (Lipinski definition) is 2. The summed E-state index contributed by atoms with van der Waals surface area (Å²) in [6, 6.07) is 8.67. The molecule has 26 heavy (non-hydrogen) atoms. The molecule has 7 heteroatoms. The van der Waals surface area contributed by atoms with Crippen molar-refractivity contribution in [3.63, 3.8) is 0 Å². The number of carbonyl (C=O) groups is 2. The summed E-state index contributed by atoms with van der Waals surface area (Å²) in [7, 11) is 0. The van der Waals surface area contributed by atoms with E-state index in [1.807, 2.05) is 0 Å². The summed E-state index contributed by atoms with van der Waals surface area (Å²) >= 11 is 6.04. The first-order valence-electron chi connectivity index (χ1n) is 8.27. The van der Waals surface area contributed by atoms with Crippen LogP contribution in [0, 0.1) is 19.7 Å². The Balaban J connectivity index is 1.66. The van der Waals surface area contributed by atoms with Crippen molar-refractivity contribution >= 4 is 34.9 Å². The number of carbonyl (C=O) groups excluding carboxylic acids is 2. The van der Waals surface area contributed by atoms with Gasteiger partial charge in [0.05, 0.1) is 0 Å². The number of nitrogens with zero attached hydrogens (tertiary/aromatic N) is 1. The molecule has 1 fully saturated rings. The summed E-state index contributed by atoms with van der Waals surface area (Å²) in [5, 5.41) is 5.96. The van der Waals surface area contributed by atoms with E-state index in [-0.39, 0.29) is 11.7 Å². The molecule has 0 saturated carbocycles. The van der Waals surface area contributed by atoms with Crippen LogP contribution in [0.5, 0.6) is 0 Å². The van der Waals surface area contributed by atoms with Gasteiger partial charge in [-0.05, 0) is 61.7 Å². The first-order chi connectivity index (χ1) is 12.4. The average molecular weight is 376 g/mol. The number of halogens is 2. The summed E-state index contributed by atoms with van der Waals surface area (Å²) in [4.78, 5) is 26.4. The number of aryl methyl sites for hydroxylation is 1. The average Bonchev–Trinajstić information content (AvgIpc) is 2.95. The number of hydrogen-bond donors (Lipinski definition) is 2. The van der Waals surface area contributed by atoms with Crippen molar-refractivity contribution < 1.29 is 14.0 Å². The predicted octanol–water partition coefficient (Wildman–Crippen LogP) is 4.02. The van der Waals surface area contributed by atoms with Gasteiger partial charge < -0.3 is 15.5 Å². The molecule has 1 heterocycles. The standard InChI is InChI=1S/C19H19ClFN3O2/c1-11-10-13(6-7-15(11)21)24-9-8-17(18(24)25)23-19(26)22-16-5-3-4-14(20)12(16)2/h3-7,10,17H,8-9H2,1-2H3,(H2,22,23,26)/t17-/m0/s1. The first-order valence-corrected chi connectivity index (χ1v) is 8.65. The third-order valence-electron chi connectivity index (χ3n) is 4.48. The van der Waals surface area contributed by atoms with Crippen LogP contribution in [-0.2, 0) is 4.79 Å². The van der Waals surface area contributed by atoms with Gasteiger partial charge in [0, 0.05) is 22.9 Å². The molecule has 0 aromatic heterocycles. The SMILES string of the molecule is Cc1cc(N2CC[C@H](NC(=O)Nc3cccc(Cl)c3C)C2=O)ccc1F. The molecule has 136 valence electrons. The van der Waals surface area contributed by atoms with Crippen molar-refractivity contribution in [3.8, 4) is 0 Å². The number of anilines is 2. The van der Waals surface area contributed by atoms with Gasteiger partial charge in [0.2, 0.25) is 5.91 Å². The highest BCUT2D eigenvalue weighted by Gasteiger charge is 2.33. The fraction of sp³-hybridized carbons (Fsp3) is 0.263. The molecule has 2 N–H and O–H groups in total. The second-order valence-corrected chi connectivity index (χ2v) is 6.68. The van der Waals surface area contributed by atoms with Gasteiger partial charge in [0.25, 0.3) is 0 Å². The molecule has 2 aromatic rings. The quantitative estimate of drug-likeness (QED) is 0.851. The minimum atomic E-state index is -0.625. The molecule has 1 atom stereocenters. The van der Waals surface area contributed by atoms with E-state index in [1.54, 1.807) is 49.1 Å². The van der Waals surface area contributed by atoms with E-state index in [1.165, 1.54) is 6.07 Å². The monoisotopic (exact) mass is 375 g/mol. The number of amides is 3.